The highest BCUT2D eigenvalue weighted by Crippen LogP contribution is 2.35. The number of anilines is 1. The van der Waals surface area contributed by atoms with E-state index in [9.17, 15) is 19.7 Å². The minimum absolute atomic E-state index is 0.137. The molecule has 0 aliphatic rings. The molecule has 2 N–H and O–H groups in total. The van der Waals surface area contributed by atoms with Gasteiger partial charge in [-0.05, 0) is 42.3 Å². The highest BCUT2D eigenvalue weighted by molar-refractivity contribution is 6.05. The van der Waals surface area contributed by atoms with Crippen LogP contribution in [0.25, 0.3) is 22.0 Å². The normalized spacial score (nSPS) is 10.6. The topological polar surface area (TPSA) is 114 Å². The SMILES string of the molecule is CCOC(=O)c1cc2c(-c3cccc(NC(C)=O)c3)ccc([N+](=O)[O-])c2[nH]1. The summed E-state index contributed by atoms with van der Waals surface area (Å²) in [5, 5.41) is 14.6. The fraction of sp³-hybridized carbons (Fsp3) is 0.158. The number of hydrogen-bond acceptors (Lipinski definition) is 5. The predicted octanol–water partition coefficient (Wildman–Crippen LogP) is 3.88. The number of carbonyl (C=O) groups excluding carboxylic acids is 2. The van der Waals surface area contributed by atoms with Crippen molar-refractivity contribution in [3.63, 3.8) is 0 Å². The van der Waals surface area contributed by atoms with Gasteiger partial charge in [-0.2, -0.15) is 0 Å². The molecule has 0 fully saturated rings. The van der Waals surface area contributed by atoms with Gasteiger partial charge in [0.2, 0.25) is 5.91 Å². The van der Waals surface area contributed by atoms with Crippen molar-refractivity contribution >= 4 is 34.2 Å². The molecular formula is C19H17N3O5. The van der Waals surface area contributed by atoms with E-state index in [1.54, 1.807) is 37.3 Å². The first kappa shape index (κ1) is 18.1. The minimum atomic E-state index is -0.582. The Hall–Kier alpha value is -3.68. The second-order valence-electron chi connectivity index (χ2n) is 5.84. The number of nitrogens with one attached hydrogen (secondary N) is 2. The molecule has 0 aliphatic heterocycles. The van der Waals surface area contributed by atoms with Crippen LogP contribution in [0.1, 0.15) is 24.3 Å². The molecule has 1 aromatic heterocycles. The average Bonchev–Trinajstić information content (AvgIpc) is 3.05. The van der Waals surface area contributed by atoms with Gasteiger partial charge >= 0.3 is 5.97 Å². The van der Waals surface area contributed by atoms with Crippen molar-refractivity contribution in [3.05, 3.63) is 58.3 Å². The fourth-order valence-corrected chi connectivity index (χ4v) is 2.89. The van der Waals surface area contributed by atoms with Gasteiger partial charge in [0.25, 0.3) is 5.69 Å². The van der Waals surface area contributed by atoms with E-state index >= 15 is 0 Å². The number of non-ortho nitro benzene ring substituents is 1. The number of ether oxygens (including phenoxy) is 1. The summed E-state index contributed by atoms with van der Waals surface area (Å²) in [7, 11) is 0. The summed E-state index contributed by atoms with van der Waals surface area (Å²) in [6.07, 6.45) is 0. The number of hydrogen-bond donors (Lipinski definition) is 2. The zero-order valence-electron chi connectivity index (χ0n) is 14.7. The Labute approximate surface area is 154 Å². The van der Waals surface area contributed by atoms with Gasteiger partial charge < -0.3 is 15.0 Å². The molecule has 0 bridgehead atoms. The second-order valence-corrected chi connectivity index (χ2v) is 5.84. The van der Waals surface area contributed by atoms with E-state index in [2.05, 4.69) is 10.3 Å². The summed E-state index contributed by atoms with van der Waals surface area (Å²) in [5.41, 5.74) is 2.28. The van der Waals surface area contributed by atoms with E-state index in [1.807, 2.05) is 6.07 Å². The molecular weight excluding hydrogens is 350 g/mol. The lowest BCUT2D eigenvalue weighted by atomic mass is 10.0. The van der Waals surface area contributed by atoms with Crippen LogP contribution in [0.2, 0.25) is 0 Å². The Morgan fingerprint density at radius 3 is 2.67 bits per heavy atom. The summed E-state index contributed by atoms with van der Waals surface area (Å²) >= 11 is 0. The van der Waals surface area contributed by atoms with Crippen LogP contribution < -0.4 is 5.32 Å². The third kappa shape index (κ3) is 3.64. The number of nitrogens with zero attached hydrogens (tertiary/aromatic N) is 1. The molecule has 8 nitrogen and oxygen atoms in total. The van der Waals surface area contributed by atoms with Crippen LogP contribution in [0.15, 0.2) is 42.5 Å². The number of H-pyrrole nitrogens is 1. The quantitative estimate of drug-likeness (QED) is 0.403. The largest absolute Gasteiger partial charge is 0.461 e. The number of aromatic nitrogens is 1. The molecule has 8 heteroatoms. The third-order valence-electron chi connectivity index (χ3n) is 3.96. The van der Waals surface area contributed by atoms with E-state index in [1.165, 1.54) is 13.0 Å². The number of nitro benzene ring substituents is 1. The molecule has 3 rings (SSSR count). The lowest BCUT2D eigenvalue weighted by Gasteiger charge is -2.07. The summed E-state index contributed by atoms with van der Waals surface area (Å²) in [6, 6.07) is 11.6. The van der Waals surface area contributed by atoms with Crippen LogP contribution in [0.3, 0.4) is 0 Å². The van der Waals surface area contributed by atoms with E-state index in [4.69, 9.17) is 4.74 Å². The molecule has 3 aromatic rings. The molecule has 27 heavy (non-hydrogen) atoms. The molecule has 0 saturated carbocycles. The van der Waals surface area contributed by atoms with Gasteiger partial charge in [-0.15, -0.1) is 0 Å². The number of rotatable bonds is 5. The van der Waals surface area contributed by atoms with Crippen LogP contribution >= 0.6 is 0 Å². The Kier molecular flexibility index (Phi) is 4.89. The first-order valence-electron chi connectivity index (χ1n) is 8.26. The van der Waals surface area contributed by atoms with Crippen molar-refractivity contribution in [2.75, 3.05) is 11.9 Å². The van der Waals surface area contributed by atoms with Crippen LogP contribution in [0, 0.1) is 10.1 Å². The van der Waals surface area contributed by atoms with Gasteiger partial charge in [-0.1, -0.05) is 12.1 Å². The zero-order valence-corrected chi connectivity index (χ0v) is 14.7. The number of amides is 1. The molecule has 1 heterocycles. The molecule has 0 radical (unpaired) electrons. The van der Waals surface area contributed by atoms with Crippen molar-refractivity contribution in [3.8, 4) is 11.1 Å². The molecule has 0 unspecified atom stereocenters. The maximum Gasteiger partial charge on any atom is 0.354 e. The number of benzene rings is 2. The standard InChI is InChI=1S/C19H17N3O5/c1-3-27-19(24)16-10-15-14(7-8-17(22(25)26)18(15)21-16)12-5-4-6-13(9-12)20-11(2)23/h4-10,21H,3H2,1-2H3,(H,20,23). The number of nitro groups is 1. The Balaban J connectivity index is 2.19. The van der Waals surface area contributed by atoms with Gasteiger partial charge in [-0.3, -0.25) is 14.9 Å². The van der Waals surface area contributed by atoms with Crippen molar-refractivity contribution in [2.45, 2.75) is 13.8 Å². The molecule has 0 saturated heterocycles. The summed E-state index contributed by atoms with van der Waals surface area (Å²) < 4.78 is 4.98. The minimum Gasteiger partial charge on any atom is -0.461 e. The number of carbonyl (C=O) groups is 2. The summed E-state index contributed by atoms with van der Waals surface area (Å²) in [4.78, 5) is 37.0. The molecule has 1 amide bonds. The van der Waals surface area contributed by atoms with Crippen LogP contribution in [0.4, 0.5) is 11.4 Å². The van der Waals surface area contributed by atoms with E-state index in [-0.39, 0.29) is 29.4 Å². The van der Waals surface area contributed by atoms with E-state index in [0.717, 1.165) is 5.56 Å². The van der Waals surface area contributed by atoms with Crippen LogP contribution in [-0.2, 0) is 9.53 Å². The second kappa shape index (κ2) is 7.28. The van der Waals surface area contributed by atoms with Crippen molar-refractivity contribution in [2.24, 2.45) is 0 Å². The summed E-state index contributed by atoms with van der Waals surface area (Å²) in [5.74, 6) is -0.784. The Bertz CT molecular complexity index is 1050. The first-order valence-corrected chi connectivity index (χ1v) is 8.26. The zero-order chi connectivity index (χ0) is 19.6. The molecule has 138 valence electrons. The highest BCUT2D eigenvalue weighted by atomic mass is 16.6. The molecule has 0 aliphatic carbocycles. The highest BCUT2D eigenvalue weighted by Gasteiger charge is 2.21. The van der Waals surface area contributed by atoms with Crippen molar-refractivity contribution < 1.29 is 19.2 Å². The number of aromatic amines is 1. The third-order valence-corrected chi connectivity index (χ3v) is 3.96. The lowest BCUT2D eigenvalue weighted by Crippen LogP contribution is -2.05. The Morgan fingerprint density at radius 2 is 2.00 bits per heavy atom. The van der Waals surface area contributed by atoms with E-state index in [0.29, 0.717) is 16.6 Å². The smallest absolute Gasteiger partial charge is 0.354 e. The number of fused-ring (bicyclic) bond motifs is 1. The lowest BCUT2D eigenvalue weighted by molar-refractivity contribution is -0.383. The van der Waals surface area contributed by atoms with E-state index < -0.39 is 10.9 Å². The average molecular weight is 367 g/mol. The Morgan fingerprint density at radius 1 is 1.22 bits per heavy atom. The van der Waals surface area contributed by atoms with Gasteiger partial charge in [0.1, 0.15) is 11.2 Å². The van der Waals surface area contributed by atoms with Gasteiger partial charge in [0, 0.05) is 24.1 Å². The van der Waals surface area contributed by atoms with Gasteiger partial charge in [-0.25, -0.2) is 4.79 Å². The molecule has 0 atom stereocenters. The van der Waals surface area contributed by atoms with Crippen LogP contribution in [-0.4, -0.2) is 28.4 Å². The maximum absolute atomic E-state index is 12.0. The predicted molar refractivity (Wildman–Crippen MR) is 101 cm³/mol. The maximum atomic E-state index is 12.0. The first-order chi connectivity index (χ1) is 12.9. The molecule has 0 spiro atoms. The molecule has 2 aromatic carbocycles. The van der Waals surface area contributed by atoms with Crippen LogP contribution in [0.5, 0.6) is 0 Å². The van der Waals surface area contributed by atoms with Crippen molar-refractivity contribution in [1.82, 2.24) is 4.98 Å². The monoisotopic (exact) mass is 367 g/mol. The van der Waals surface area contributed by atoms with Crippen molar-refractivity contribution in [1.29, 1.82) is 0 Å². The summed E-state index contributed by atoms with van der Waals surface area (Å²) in [6.45, 7) is 3.29. The fourth-order valence-electron chi connectivity index (χ4n) is 2.89. The number of esters is 1. The van der Waals surface area contributed by atoms with Gasteiger partial charge in [0.05, 0.1) is 11.5 Å². The van der Waals surface area contributed by atoms with Gasteiger partial charge in [0.15, 0.2) is 0 Å².